The van der Waals surface area contributed by atoms with Crippen molar-refractivity contribution in [1.82, 2.24) is 9.36 Å². The molecule has 0 saturated carbocycles. The van der Waals surface area contributed by atoms with E-state index in [0.717, 1.165) is 9.24 Å². The molecule has 2 rings (SSSR count). The summed E-state index contributed by atoms with van der Waals surface area (Å²) >= 11 is 2.84. The number of nitrogens with zero attached hydrogens (tertiary/aromatic N) is 2. The summed E-state index contributed by atoms with van der Waals surface area (Å²) in [6.07, 6.45) is 1.52. The third-order valence-corrected chi connectivity index (χ3v) is 3.07. The summed E-state index contributed by atoms with van der Waals surface area (Å²) in [6.45, 7) is 0. The Morgan fingerprint density at radius 1 is 1.38 bits per heavy atom. The van der Waals surface area contributed by atoms with Gasteiger partial charge in [0.15, 0.2) is 4.34 Å². The number of benzene rings is 1. The minimum absolute atomic E-state index is 0.273. The Bertz CT molecular complexity index is 389. The molecule has 1 aromatic heterocycles. The molecule has 0 radical (unpaired) electrons. The quantitative estimate of drug-likeness (QED) is 0.826. The Morgan fingerprint density at radius 2 is 2.31 bits per heavy atom. The molecule has 0 bridgehead atoms. The van der Waals surface area contributed by atoms with E-state index in [-0.39, 0.29) is 5.75 Å². The van der Waals surface area contributed by atoms with E-state index in [9.17, 15) is 5.11 Å². The molecule has 0 amide bonds. The van der Waals surface area contributed by atoms with Crippen molar-refractivity contribution >= 4 is 23.3 Å². The second kappa shape index (κ2) is 3.76. The molecular formula is C8H6N2OS2. The lowest BCUT2D eigenvalue weighted by Crippen LogP contribution is -1.70. The Labute approximate surface area is 83.6 Å². The third-order valence-electron chi connectivity index (χ3n) is 1.36. The first-order chi connectivity index (χ1) is 6.34. The number of hydrogen-bond donors (Lipinski definition) is 1. The van der Waals surface area contributed by atoms with Gasteiger partial charge in [0.25, 0.3) is 0 Å². The monoisotopic (exact) mass is 210 g/mol. The predicted molar refractivity (Wildman–Crippen MR) is 52.1 cm³/mol. The number of aromatic hydroxyl groups is 1. The summed E-state index contributed by atoms with van der Waals surface area (Å²) in [5.41, 5.74) is 0. The lowest BCUT2D eigenvalue weighted by molar-refractivity contribution is 0.474. The van der Waals surface area contributed by atoms with Gasteiger partial charge in [-0.05, 0) is 29.7 Å². The van der Waals surface area contributed by atoms with Gasteiger partial charge >= 0.3 is 0 Å². The molecule has 0 atom stereocenters. The SMILES string of the molecule is Oc1cccc(Sc2ncns2)c1. The molecule has 0 fully saturated rings. The molecule has 0 unspecified atom stereocenters. The second-order valence-electron chi connectivity index (χ2n) is 2.31. The van der Waals surface area contributed by atoms with Crippen LogP contribution in [-0.2, 0) is 0 Å². The zero-order valence-electron chi connectivity index (χ0n) is 6.54. The van der Waals surface area contributed by atoms with Crippen LogP contribution in [0.3, 0.4) is 0 Å². The zero-order chi connectivity index (χ0) is 9.10. The minimum atomic E-state index is 0.273. The molecule has 2 aromatic rings. The molecule has 0 aliphatic carbocycles. The van der Waals surface area contributed by atoms with E-state index in [1.165, 1.54) is 29.6 Å². The maximum absolute atomic E-state index is 9.20. The summed E-state index contributed by atoms with van der Waals surface area (Å²) in [4.78, 5) is 5.00. The molecule has 5 heteroatoms. The highest BCUT2D eigenvalue weighted by Gasteiger charge is 2.00. The first kappa shape index (κ1) is 8.52. The van der Waals surface area contributed by atoms with Crippen LogP contribution in [0.5, 0.6) is 5.75 Å². The average molecular weight is 210 g/mol. The second-order valence-corrected chi connectivity index (χ2v) is 4.41. The first-order valence-electron chi connectivity index (χ1n) is 3.58. The van der Waals surface area contributed by atoms with Crippen LogP contribution in [-0.4, -0.2) is 14.5 Å². The first-order valence-corrected chi connectivity index (χ1v) is 5.17. The summed E-state index contributed by atoms with van der Waals surface area (Å²) in [7, 11) is 0. The molecule has 1 heterocycles. The molecule has 1 N–H and O–H groups in total. The fourth-order valence-corrected chi connectivity index (χ4v) is 2.33. The van der Waals surface area contributed by atoms with Crippen LogP contribution in [0.4, 0.5) is 0 Å². The van der Waals surface area contributed by atoms with Gasteiger partial charge in [0.2, 0.25) is 0 Å². The highest BCUT2D eigenvalue weighted by molar-refractivity contribution is 8.01. The van der Waals surface area contributed by atoms with E-state index in [0.29, 0.717) is 0 Å². The van der Waals surface area contributed by atoms with E-state index in [1.807, 2.05) is 6.07 Å². The summed E-state index contributed by atoms with van der Waals surface area (Å²) in [5.74, 6) is 0.273. The molecule has 66 valence electrons. The molecule has 0 saturated heterocycles. The number of hydrogen-bond acceptors (Lipinski definition) is 5. The van der Waals surface area contributed by atoms with Crippen molar-refractivity contribution in [2.24, 2.45) is 0 Å². The van der Waals surface area contributed by atoms with Gasteiger partial charge in [0, 0.05) is 4.90 Å². The number of phenolic OH excluding ortho intramolecular Hbond substituents is 1. The van der Waals surface area contributed by atoms with E-state index >= 15 is 0 Å². The third kappa shape index (κ3) is 2.19. The van der Waals surface area contributed by atoms with Crippen molar-refractivity contribution in [3.05, 3.63) is 30.6 Å². The number of rotatable bonds is 2. The van der Waals surface area contributed by atoms with Gasteiger partial charge in [-0.3, -0.25) is 0 Å². The Kier molecular flexibility index (Phi) is 2.47. The van der Waals surface area contributed by atoms with Gasteiger partial charge in [0.1, 0.15) is 12.1 Å². The topological polar surface area (TPSA) is 46.0 Å². The lowest BCUT2D eigenvalue weighted by atomic mass is 10.3. The van der Waals surface area contributed by atoms with Gasteiger partial charge in [-0.15, -0.1) is 0 Å². The normalized spacial score (nSPS) is 10.2. The van der Waals surface area contributed by atoms with Crippen molar-refractivity contribution in [2.45, 2.75) is 9.24 Å². The highest BCUT2D eigenvalue weighted by atomic mass is 32.2. The Hall–Kier alpha value is -1.07. The van der Waals surface area contributed by atoms with Gasteiger partial charge in [-0.1, -0.05) is 17.8 Å². The van der Waals surface area contributed by atoms with Crippen molar-refractivity contribution in [3.63, 3.8) is 0 Å². The Balaban J connectivity index is 2.19. The van der Waals surface area contributed by atoms with Crippen LogP contribution in [0, 0.1) is 0 Å². The maximum Gasteiger partial charge on any atom is 0.174 e. The molecule has 13 heavy (non-hydrogen) atoms. The van der Waals surface area contributed by atoms with Crippen LogP contribution in [0.2, 0.25) is 0 Å². The summed E-state index contributed by atoms with van der Waals surface area (Å²) in [6, 6.07) is 7.07. The van der Waals surface area contributed by atoms with E-state index < -0.39 is 0 Å². The Morgan fingerprint density at radius 3 is 3.00 bits per heavy atom. The molecular weight excluding hydrogens is 204 g/mol. The fourth-order valence-electron chi connectivity index (χ4n) is 0.856. The van der Waals surface area contributed by atoms with Crippen LogP contribution >= 0.6 is 23.3 Å². The van der Waals surface area contributed by atoms with Gasteiger partial charge < -0.3 is 5.11 Å². The fraction of sp³-hybridized carbons (Fsp3) is 0. The van der Waals surface area contributed by atoms with Crippen LogP contribution < -0.4 is 0 Å². The maximum atomic E-state index is 9.20. The van der Waals surface area contributed by atoms with Crippen molar-refractivity contribution in [3.8, 4) is 5.75 Å². The van der Waals surface area contributed by atoms with Crippen LogP contribution in [0.25, 0.3) is 0 Å². The molecule has 0 spiro atoms. The molecule has 0 aliphatic heterocycles. The van der Waals surface area contributed by atoms with E-state index in [4.69, 9.17) is 0 Å². The molecule has 0 aliphatic rings. The zero-order valence-corrected chi connectivity index (χ0v) is 8.18. The van der Waals surface area contributed by atoms with Crippen LogP contribution in [0.1, 0.15) is 0 Å². The molecule has 1 aromatic carbocycles. The smallest absolute Gasteiger partial charge is 0.174 e. The number of phenols is 1. The van der Waals surface area contributed by atoms with Crippen LogP contribution in [0.15, 0.2) is 39.8 Å². The van der Waals surface area contributed by atoms with Gasteiger partial charge in [0.05, 0.1) is 0 Å². The van der Waals surface area contributed by atoms with Gasteiger partial charge in [-0.2, -0.15) is 4.37 Å². The van der Waals surface area contributed by atoms with Crippen molar-refractivity contribution < 1.29 is 5.11 Å². The highest BCUT2D eigenvalue weighted by Crippen LogP contribution is 2.29. The summed E-state index contributed by atoms with van der Waals surface area (Å²) < 4.78 is 4.77. The van der Waals surface area contributed by atoms with E-state index in [1.54, 1.807) is 18.2 Å². The lowest BCUT2D eigenvalue weighted by Gasteiger charge is -1.96. The van der Waals surface area contributed by atoms with E-state index in [2.05, 4.69) is 9.36 Å². The van der Waals surface area contributed by atoms with Crippen molar-refractivity contribution in [1.29, 1.82) is 0 Å². The predicted octanol–water partition coefficient (Wildman–Crippen LogP) is 2.39. The largest absolute Gasteiger partial charge is 0.508 e. The molecule has 3 nitrogen and oxygen atoms in total. The average Bonchev–Trinajstić information content (AvgIpc) is 2.57. The van der Waals surface area contributed by atoms with Crippen molar-refractivity contribution in [2.75, 3.05) is 0 Å². The van der Waals surface area contributed by atoms with Gasteiger partial charge in [-0.25, -0.2) is 4.98 Å². The standard InChI is InChI=1S/C8H6N2OS2/c11-6-2-1-3-7(4-6)12-8-9-5-10-13-8/h1-5,11H. The minimum Gasteiger partial charge on any atom is -0.508 e. The summed E-state index contributed by atoms with van der Waals surface area (Å²) in [5, 5.41) is 9.20. The number of aromatic nitrogens is 2.